The van der Waals surface area contributed by atoms with E-state index in [1.807, 2.05) is 0 Å². The molecule has 8 heteroatoms. The first kappa shape index (κ1) is 25.6. The number of benzene rings is 2. The summed E-state index contributed by atoms with van der Waals surface area (Å²) in [6, 6.07) is 14.1. The second-order valence-electron chi connectivity index (χ2n) is 9.12. The van der Waals surface area contributed by atoms with Crippen molar-refractivity contribution >= 4 is 28.5 Å². The lowest BCUT2D eigenvalue weighted by Gasteiger charge is -2.31. The molecule has 1 aliphatic rings. The number of likely N-dealkylation sites (tertiary alicyclic amines) is 1. The van der Waals surface area contributed by atoms with Gasteiger partial charge in [0, 0.05) is 24.4 Å². The Hall–Kier alpha value is -3.52. The Kier molecular flexibility index (Phi) is 8.48. The van der Waals surface area contributed by atoms with Crippen molar-refractivity contribution in [3.05, 3.63) is 53.7 Å². The number of H-pyrrole nitrogens is 1. The molecule has 36 heavy (non-hydrogen) atoms. The van der Waals surface area contributed by atoms with Crippen LogP contribution in [0.1, 0.15) is 42.2 Å². The van der Waals surface area contributed by atoms with Crippen LogP contribution < -0.4 is 14.8 Å². The van der Waals surface area contributed by atoms with Crippen molar-refractivity contribution in [2.24, 2.45) is 5.92 Å². The van der Waals surface area contributed by atoms with Crippen molar-refractivity contribution in [2.45, 2.75) is 32.6 Å². The van der Waals surface area contributed by atoms with Crippen LogP contribution >= 0.6 is 0 Å². The molecule has 0 aliphatic carbocycles. The van der Waals surface area contributed by atoms with Crippen molar-refractivity contribution in [2.75, 3.05) is 45.8 Å². The van der Waals surface area contributed by atoms with Gasteiger partial charge in [0.15, 0.2) is 11.5 Å². The summed E-state index contributed by atoms with van der Waals surface area (Å²) in [4.78, 5) is 31.0. The summed E-state index contributed by atoms with van der Waals surface area (Å²) in [5, 5.41) is 3.61. The molecule has 0 spiro atoms. The number of ether oxygens (including phenoxy) is 3. The Balaban J connectivity index is 1.39. The minimum atomic E-state index is -0.526. The van der Waals surface area contributed by atoms with E-state index in [1.165, 1.54) is 5.56 Å². The molecule has 0 unspecified atom stereocenters. The molecular formula is C28H35N3O5. The molecule has 1 amide bonds. The van der Waals surface area contributed by atoms with Crippen molar-refractivity contribution in [3.8, 4) is 11.5 Å². The average molecular weight is 494 g/mol. The van der Waals surface area contributed by atoms with E-state index >= 15 is 0 Å². The lowest BCUT2D eigenvalue weighted by Crippen LogP contribution is -2.36. The molecule has 1 saturated heterocycles. The fourth-order valence-electron chi connectivity index (χ4n) is 4.83. The second kappa shape index (κ2) is 11.9. The number of anilines is 1. The first-order valence-corrected chi connectivity index (χ1v) is 12.5. The largest absolute Gasteiger partial charge is 0.493 e. The zero-order valence-electron chi connectivity index (χ0n) is 21.3. The first-order chi connectivity index (χ1) is 17.5. The molecule has 2 heterocycles. The monoisotopic (exact) mass is 493 g/mol. The van der Waals surface area contributed by atoms with Crippen molar-refractivity contribution in [1.29, 1.82) is 0 Å². The van der Waals surface area contributed by atoms with E-state index in [1.54, 1.807) is 33.3 Å². The normalized spacial score (nSPS) is 14.5. The van der Waals surface area contributed by atoms with Gasteiger partial charge in [-0.3, -0.25) is 4.79 Å². The summed E-state index contributed by atoms with van der Waals surface area (Å²) in [7, 11) is 3.09. The van der Waals surface area contributed by atoms with Crippen LogP contribution in [0.3, 0.4) is 0 Å². The van der Waals surface area contributed by atoms with Gasteiger partial charge in [-0.2, -0.15) is 0 Å². The number of fused-ring (bicyclic) bond motifs is 1. The number of carbonyl (C=O) groups excluding carboxylic acids is 2. The number of nitrogens with zero attached hydrogens (tertiary/aromatic N) is 1. The Labute approximate surface area is 211 Å². The van der Waals surface area contributed by atoms with Gasteiger partial charge in [0.05, 0.1) is 32.0 Å². The number of aromatic amines is 1. The minimum Gasteiger partial charge on any atom is -0.493 e. The lowest BCUT2D eigenvalue weighted by atomic mass is 9.90. The molecule has 0 bridgehead atoms. The van der Waals surface area contributed by atoms with Gasteiger partial charge in [-0.15, -0.1) is 0 Å². The Bertz CT molecular complexity index is 1180. The number of methoxy groups -OCH3 is 2. The van der Waals surface area contributed by atoms with Gasteiger partial charge in [-0.05, 0) is 56.8 Å². The van der Waals surface area contributed by atoms with Gasteiger partial charge >= 0.3 is 5.97 Å². The van der Waals surface area contributed by atoms with Crippen LogP contribution in [-0.2, 0) is 16.0 Å². The fourth-order valence-corrected chi connectivity index (χ4v) is 4.83. The molecule has 3 aromatic rings. The van der Waals surface area contributed by atoms with E-state index in [0.29, 0.717) is 47.0 Å². The van der Waals surface area contributed by atoms with E-state index in [9.17, 15) is 9.59 Å². The summed E-state index contributed by atoms with van der Waals surface area (Å²) >= 11 is 0. The SMILES string of the molecule is CCOC(=O)c1[nH]c2cc(OC)c(OC)cc2c1NC(=O)CCN1CCC(Cc2ccccc2)CC1. The molecule has 2 aromatic carbocycles. The molecule has 0 saturated carbocycles. The predicted molar refractivity (Wildman–Crippen MR) is 140 cm³/mol. The average Bonchev–Trinajstić information content (AvgIpc) is 3.25. The van der Waals surface area contributed by atoms with Crippen LogP contribution in [0.4, 0.5) is 5.69 Å². The molecule has 1 aromatic heterocycles. The summed E-state index contributed by atoms with van der Waals surface area (Å²) in [6.07, 6.45) is 3.72. The Morgan fingerprint density at radius 3 is 2.42 bits per heavy atom. The quantitative estimate of drug-likeness (QED) is 0.400. The number of hydrogen-bond acceptors (Lipinski definition) is 6. The molecule has 4 rings (SSSR count). The van der Waals surface area contributed by atoms with Crippen molar-refractivity contribution in [1.82, 2.24) is 9.88 Å². The number of amides is 1. The van der Waals surface area contributed by atoms with Gasteiger partial charge in [-0.1, -0.05) is 30.3 Å². The lowest BCUT2D eigenvalue weighted by molar-refractivity contribution is -0.116. The number of piperidine rings is 1. The highest BCUT2D eigenvalue weighted by atomic mass is 16.5. The summed E-state index contributed by atoms with van der Waals surface area (Å²) in [5.74, 6) is 1.04. The van der Waals surface area contributed by atoms with E-state index in [0.717, 1.165) is 32.4 Å². The van der Waals surface area contributed by atoms with Gasteiger partial charge in [0.25, 0.3) is 0 Å². The van der Waals surface area contributed by atoms with Gasteiger partial charge < -0.3 is 29.4 Å². The third-order valence-electron chi connectivity index (χ3n) is 6.78. The molecule has 1 fully saturated rings. The maximum absolute atomic E-state index is 13.0. The molecular weight excluding hydrogens is 458 g/mol. The Morgan fingerprint density at radius 2 is 1.75 bits per heavy atom. The second-order valence-corrected chi connectivity index (χ2v) is 9.12. The zero-order chi connectivity index (χ0) is 25.5. The molecule has 0 radical (unpaired) electrons. The molecule has 1 aliphatic heterocycles. The predicted octanol–water partition coefficient (Wildman–Crippen LogP) is 4.65. The van der Waals surface area contributed by atoms with E-state index in [4.69, 9.17) is 14.2 Å². The smallest absolute Gasteiger partial charge is 0.356 e. The van der Waals surface area contributed by atoms with Crippen LogP contribution in [-0.4, -0.2) is 62.2 Å². The molecule has 8 nitrogen and oxygen atoms in total. The maximum atomic E-state index is 13.0. The van der Waals surface area contributed by atoms with E-state index in [-0.39, 0.29) is 18.2 Å². The van der Waals surface area contributed by atoms with Crippen molar-refractivity contribution in [3.63, 3.8) is 0 Å². The highest BCUT2D eigenvalue weighted by molar-refractivity contribution is 6.11. The van der Waals surface area contributed by atoms with Crippen LogP contribution in [0.2, 0.25) is 0 Å². The van der Waals surface area contributed by atoms with E-state index < -0.39 is 5.97 Å². The zero-order valence-corrected chi connectivity index (χ0v) is 21.3. The Morgan fingerprint density at radius 1 is 1.06 bits per heavy atom. The highest BCUT2D eigenvalue weighted by Crippen LogP contribution is 2.37. The third kappa shape index (κ3) is 5.99. The van der Waals surface area contributed by atoms with Crippen LogP contribution in [0, 0.1) is 5.92 Å². The topological polar surface area (TPSA) is 92.9 Å². The standard InChI is InChI=1S/C28H35N3O5/c1-4-36-28(33)27-26(21-17-23(34-2)24(35-3)18-22(21)29-27)30-25(32)12-15-31-13-10-20(11-14-31)16-19-8-6-5-7-9-19/h5-9,17-18,20,29H,4,10-16H2,1-3H3,(H,30,32). The number of rotatable bonds is 10. The summed E-state index contributed by atoms with van der Waals surface area (Å²) in [5.41, 5.74) is 2.64. The molecule has 2 N–H and O–H groups in total. The van der Waals surface area contributed by atoms with Gasteiger partial charge in [0.2, 0.25) is 5.91 Å². The number of hydrogen-bond donors (Lipinski definition) is 2. The summed E-state index contributed by atoms with van der Waals surface area (Å²) in [6.45, 7) is 4.63. The fraction of sp³-hybridized carbons (Fsp3) is 0.429. The summed E-state index contributed by atoms with van der Waals surface area (Å²) < 4.78 is 16.0. The highest BCUT2D eigenvalue weighted by Gasteiger charge is 2.24. The molecule has 192 valence electrons. The minimum absolute atomic E-state index is 0.150. The van der Waals surface area contributed by atoms with Gasteiger partial charge in [-0.25, -0.2) is 4.79 Å². The van der Waals surface area contributed by atoms with Crippen LogP contribution in [0.5, 0.6) is 11.5 Å². The number of carbonyl (C=O) groups is 2. The number of aromatic nitrogens is 1. The van der Waals surface area contributed by atoms with Crippen LogP contribution in [0.25, 0.3) is 10.9 Å². The number of nitrogens with one attached hydrogen (secondary N) is 2. The first-order valence-electron chi connectivity index (χ1n) is 12.5. The van der Waals surface area contributed by atoms with E-state index in [2.05, 4.69) is 45.5 Å². The van der Waals surface area contributed by atoms with Gasteiger partial charge in [0.1, 0.15) is 5.69 Å². The number of esters is 1. The van der Waals surface area contributed by atoms with Crippen LogP contribution in [0.15, 0.2) is 42.5 Å². The third-order valence-corrected chi connectivity index (χ3v) is 6.78. The molecule has 0 atom stereocenters. The maximum Gasteiger partial charge on any atom is 0.356 e. The van der Waals surface area contributed by atoms with Crippen molar-refractivity contribution < 1.29 is 23.8 Å².